The second-order valence-corrected chi connectivity index (χ2v) is 5.77. The van der Waals surface area contributed by atoms with Crippen molar-refractivity contribution in [2.75, 3.05) is 6.54 Å². The van der Waals surface area contributed by atoms with Crippen LogP contribution in [0.25, 0.3) is 0 Å². The molecule has 1 unspecified atom stereocenters. The molecule has 108 valence electrons. The van der Waals surface area contributed by atoms with Crippen molar-refractivity contribution in [2.24, 2.45) is 0 Å². The second-order valence-electron chi connectivity index (χ2n) is 4.99. The van der Waals surface area contributed by atoms with E-state index in [4.69, 9.17) is 27.6 Å². The van der Waals surface area contributed by atoms with Gasteiger partial charge in [-0.05, 0) is 73.3 Å². The third-order valence-corrected chi connectivity index (χ3v) is 3.93. The van der Waals surface area contributed by atoms with E-state index < -0.39 is 0 Å². The monoisotopic (exact) mass is 311 g/mol. The number of nitrogens with one attached hydrogen (secondary N) is 1. The quantitative estimate of drug-likeness (QED) is 0.811. The fraction of sp³-hybridized carbons (Fsp3) is 0.375. The molecule has 1 atom stereocenters. The van der Waals surface area contributed by atoms with Crippen LogP contribution in [0.4, 0.5) is 0 Å². The minimum Gasteiger partial charge on any atom is -0.448 e. The van der Waals surface area contributed by atoms with Crippen LogP contribution in [0.3, 0.4) is 0 Å². The highest BCUT2D eigenvalue weighted by Crippen LogP contribution is 2.32. The van der Waals surface area contributed by atoms with Crippen molar-refractivity contribution in [3.05, 3.63) is 57.0 Å². The Kier molecular flexibility index (Phi) is 5.14. The molecular weight excluding hydrogens is 293 g/mol. The smallest absolute Gasteiger partial charge is 0.193 e. The van der Waals surface area contributed by atoms with Gasteiger partial charge in [0, 0.05) is 5.02 Å². The summed E-state index contributed by atoms with van der Waals surface area (Å²) in [5.74, 6) is 0.786. The number of hydrogen-bond acceptors (Lipinski definition) is 2. The van der Waals surface area contributed by atoms with E-state index in [-0.39, 0.29) is 6.04 Å². The van der Waals surface area contributed by atoms with Crippen LogP contribution < -0.4 is 5.32 Å². The number of halogens is 2. The standard InChI is InChI=1S/C16H19Cl2NO/c1-4-7-19-16(14-5-6-15(18)20-14)12-8-10(2)11(3)9-13(12)17/h5-6,8-9,16,19H,4,7H2,1-3H3. The molecule has 0 aliphatic rings. The minimum absolute atomic E-state index is 0.0748. The molecule has 0 saturated carbocycles. The lowest BCUT2D eigenvalue weighted by atomic mass is 9.99. The van der Waals surface area contributed by atoms with Gasteiger partial charge in [0.1, 0.15) is 5.76 Å². The summed E-state index contributed by atoms with van der Waals surface area (Å²) in [5, 5.41) is 4.60. The van der Waals surface area contributed by atoms with Crippen LogP contribution in [0, 0.1) is 13.8 Å². The van der Waals surface area contributed by atoms with E-state index in [9.17, 15) is 0 Å². The number of rotatable bonds is 5. The summed E-state index contributed by atoms with van der Waals surface area (Å²) in [7, 11) is 0. The van der Waals surface area contributed by atoms with Crippen molar-refractivity contribution in [1.82, 2.24) is 5.32 Å². The number of benzene rings is 1. The van der Waals surface area contributed by atoms with Gasteiger partial charge in [-0.25, -0.2) is 0 Å². The van der Waals surface area contributed by atoms with Crippen molar-refractivity contribution in [3.8, 4) is 0 Å². The Morgan fingerprint density at radius 1 is 1.15 bits per heavy atom. The van der Waals surface area contributed by atoms with E-state index >= 15 is 0 Å². The molecule has 0 amide bonds. The van der Waals surface area contributed by atoms with Crippen LogP contribution in [-0.4, -0.2) is 6.54 Å². The lowest BCUT2D eigenvalue weighted by Gasteiger charge is -2.19. The number of hydrogen-bond donors (Lipinski definition) is 1. The molecule has 1 aromatic heterocycles. The average Bonchev–Trinajstić information content (AvgIpc) is 2.82. The number of furan rings is 1. The highest BCUT2D eigenvalue weighted by atomic mass is 35.5. The maximum Gasteiger partial charge on any atom is 0.193 e. The largest absolute Gasteiger partial charge is 0.448 e. The van der Waals surface area contributed by atoms with Crippen LogP contribution in [0.1, 0.15) is 41.8 Å². The first-order chi connectivity index (χ1) is 9.52. The molecule has 0 radical (unpaired) electrons. The van der Waals surface area contributed by atoms with Gasteiger partial charge in [0.05, 0.1) is 6.04 Å². The molecule has 2 aromatic rings. The molecule has 20 heavy (non-hydrogen) atoms. The zero-order valence-corrected chi connectivity index (χ0v) is 13.5. The fourth-order valence-corrected chi connectivity index (χ4v) is 2.64. The van der Waals surface area contributed by atoms with E-state index in [2.05, 4.69) is 32.2 Å². The zero-order valence-electron chi connectivity index (χ0n) is 12.0. The normalized spacial score (nSPS) is 12.7. The van der Waals surface area contributed by atoms with E-state index in [1.807, 2.05) is 12.1 Å². The molecule has 0 bridgehead atoms. The van der Waals surface area contributed by atoms with Gasteiger partial charge in [0.25, 0.3) is 0 Å². The van der Waals surface area contributed by atoms with Gasteiger partial charge in [-0.3, -0.25) is 0 Å². The van der Waals surface area contributed by atoms with E-state index in [1.54, 1.807) is 6.07 Å². The third-order valence-electron chi connectivity index (χ3n) is 3.40. The van der Waals surface area contributed by atoms with Crippen LogP contribution in [0.15, 0.2) is 28.7 Å². The lowest BCUT2D eigenvalue weighted by molar-refractivity contribution is 0.448. The zero-order chi connectivity index (χ0) is 14.7. The van der Waals surface area contributed by atoms with Gasteiger partial charge < -0.3 is 9.73 Å². The molecular formula is C16H19Cl2NO. The second kappa shape index (κ2) is 6.66. The summed E-state index contributed by atoms with van der Waals surface area (Å²) in [6.07, 6.45) is 1.04. The van der Waals surface area contributed by atoms with Crippen molar-refractivity contribution in [2.45, 2.75) is 33.2 Å². The summed E-state index contributed by atoms with van der Waals surface area (Å²) in [6, 6.07) is 7.68. The maximum absolute atomic E-state index is 6.42. The van der Waals surface area contributed by atoms with Crippen molar-refractivity contribution in [1.29, 1.82) is 0 Å². The maximum atomic E-state index is 6.42. The van der Waals surface area contributed by atoms with Crippen molar-refractivity contribution >= 4 is 23.2 Å². The Balaban J connectivity index is 2.43. The summed E-state index contributed by atoms with van der Waals surface area (Å²) < 4.78 is 5.57. The molecule has 2 nitrogen and oxygen atoms in total. The molecule has 0 aliphatic heterocycles. The molecule has 1 heterocycles. The Bertz CT molecular complexity index is 592. The molecule has 4 heteroatoms. The summed E-state index contributed by atoms with van der Waals surface area (Å²) in [6.45, 7) is 7.15. The first-order valence-corrected chi connectivity index (χ1v) is 7.53. The Hall–Kier alpha value is -0.960. The molecule has 0 saturated heterocycles. The van der Waals surface area contributed by atoms with Gasteiger partial charge >= 0.3 is 0 Å². The first kappa shape index (κ1) is 15.4. The van der Waals surface area contributed by atoms with Gasteiger partial charge in [0.15, 0.2) is 5.22 Å². The molecule has 1 aromatic carbocycles. The van der Waals surface area contributed by atoms with Gasteiger partial charge in [-0.1, -0.05) is 24.6 Å². The summed E-state index contributed by atoms with van der Waals surface area (Å²) >= 11 is 12.3. The molecule has 0 fully saturated rings. The average molecular weight is 312 g/mol. The highest BCUT2D eigenvalue weighted by molar-refractivity contribution is 6.31. The van der Waals surface area contributed by atoms with Gasteiger partial charge in [0.2, 0.25) is 0 Å². The van der Waals surface area contributed by atoms with Crippen LogP contribution in [-0.2, 0) is 0 Å². The Labute approximate surface area is 130 Å². The third kappa shape index (κ3) is 3.38. The predicted molar refractivity (Wildman–Crippen MR) is 84.8 cm³/mol. The molecule has 2 rings (SSSR count). The minimum atomic E-state index is -0.0748. The first-order valence-electron chi connectivity index (χ1n) is 6.78. The Morgan fingerprint density at radius 3 is 2.45 bits per heavy atom. The molecule has 0 spiro atoms. The van der Waals surface area contributed by atoms with Crippen molar-refractivity contribution in [3.63, 3.8) is 0 Å². The van der Waals surface area contributed by atoms with Gasteiger partial charge in [-0.2, -0.15) is 0 Å². The van der Waals surface area contributed by atoms with E-state index in [1.165, 1.54) is 11.1 Å². The summed E-state index contributed by atoms with van der Waals surface area (Å²) in [5.41, 5.74) is 3.42. The number of aryl methyl sites for hydroxylation is 2. The van der Waals surface area contributed by atoms with Crippen LogP contribution >= 0.6 is 23.2 Å². The Morgan fingerprint density at radius 2 is 1.85 bits per heavy atom. The van der Waals surface area contributed by atoms with E-state index in [0.717, 1.165) is 29.3 Å². The van der Waals surface area contributed by atoms with Crippen LogP contribution in [0.2, 0.25) is 10.2 Å². The fourth-order valence-electron chi connectivity index (χ4n) is 2.16. The SMILES string of the molecule is CCCNC(c1ccc(Cl)o1)c1cc(C)c(C)cc1Cl. The van der Waals surface area contributed by atoms with E-state index in [0.29, 0.717) is 5.22 Å². The molecule has 0 aliphatic carbocycles. The highest BCUT2D eigenvalue weighted by Gasteiger charge is 2.20. The summed E-state index contributed by atoms with van der Waals surface area (Å²) in [4.78, 5) is 0. The predicted octanol–water partition coefficient (Wildman–Crippen LogP) is 5.29. The topological polar surface area (TPSA) is 25.2 Å². The lowest BCUT2D eigenvalue weighted by Crippen LogP contribution is -2.23. The van der Waals surface area contributed by atoms with Crippen LogP contribution in [0.5, 0.6) is 0 Å². The molecule has 1 N–H and O–H groups in total. The van der Waals surface area contributed by atoms with Crippen molar-refractivity contribution < 1.29 is 4.42 Å². The van der Waals surface area contributed by atoms with Gasteiger partial charge in [-0.15, -0.1) is 0 Å².